The van der Waals surface area contributed by atoms with Crippen LogP contribution in [0.5, 0.6) is 0 Å². The van der Waals surface area contributed by atoms with Crippen molar-refractivity contribution in [2.45, 2.75) is 23.8 Å². The fraction of sp³-hybridized carbons (Fsp3) is 0.250. The molecule has 0 amide bonds. The molecule has 1 aliphatic heterocycles. The molecule has 3 rings (SSSR count). The summed E-state index contributed by atoms with van der Waals surface area (Å²) in [5, 5.41) is -0.257. The fourth-order valence-electron chi connectivity index (χ4n) is 2.86. The molecule has 122 valence electrons. The summed E-state index contributed by atoms with van der Waals surface area (Å²) in [5.41, 5.74) is 0.349. The second-order valence-corrected chi connectivity index (χ2v) is 7.67. The molecule has 2 aromatic carbocycles. The third-order valence-electron chi connectivity index (χ3n) is 3.97. The van der Waals surface area contributed by atoms with Crippen molar-refractivity contribution in [3.8, 4) is 0 Å². The SMILES string of the molecule is O=S(=O)(c1ccc(F)c(Cl)c1)N1CCCC1c1ccccc1F. The van der Waals surface area contributed by atoms with Crippen LogP contribution in [-0.2, 0) is 10.0 Å². The van der Waals surface area contributed by atoms with Gasteiger partial charge in [-0.15, -0.1) is 0 Å². The lowest BCUT2D eigenvalue weighted by atomic mass is 10.1. The number of hydrogen-bond donors (Lipinski definition) is 0. The van der Waals surface area contributed by atoms with Crippen LogP contribution in [0.4, 0.5) is 8.78 Å². The van der Waals surface area contributed by atoms with Crippen LogP contribution in [0.25, 0.3) is 0 Å². The molecule has 1 heterocycles. The van der Waals surface area contributed by atoms with Gasteiger partial charge in [-0.1, -0.05) is 29.8 Å². The van der Waals surface area contributed by atoms with Gasteiger partial charge in [0, 0.05) is 12.1 Å². The number of hydrogen-bond acceptors (Lipinski definition) is 2. The molecule has 0 saturated carbocycles. The summed E-state index contributed by atoms with van der Waals surface area (Å²) in [6, 6.07) is 8.85. The zero-order chi connectivity index (χ0) is 16.6. The van der Waals surface area contributed by atoms with E-state index in [0.717, 1.165) is 12.1 Å². The molecule has 1 aliphatic rings. The molecule has 0 spiro atoms. The molecule has 1 unspecified atom stereocenters. The second-order valence-electron chi connectivity index (χ2n) is 5.37. The van der Waals surface area contributed by atoms with E-state index in [1.807, 2.05) is 0 Å². The normalized spacial score (nSPS) is 19.2. The van der Waals surface area contributed by atoms with E-state index in [-0.39, 0.29) is 16.5 Å². The van der Waals surface area contributed by atoms with E-state index in [9.17, 15) is 17.2 Å². The summed E-state index contributed by atoms with van der Waals surface area (Å²) >= 11 is 5.69. The number of sulfonamides is 1. The second kappa shape index (κ2) is 6.19. The van der Waals surface area contributed by atoms with Crippen LogP contribution in [-0.4, -0.2) is 19.3 Å². The number of nitrogens with zero attached hydrogens (tertiary/aromatic N) is 1. The highest BCUT2D eigenvalue weighted by Gasteiger charge is 2.37. The predicted octanol–water partition coefficient (Wildman–Crippen LogP) is 4.14. The smallest absolute Gasteiger partial charge is 0.207 e. The minimum Gasteiger partial charge on any atom is -0.207 e. The van der Waals surface area contributed by atoms with E-state index < -0.39 is 27.7 Å². The maximum absolute atomic E-state index is 14.0. The van der Waals surface area contributed by atoms with Crippen LogP contribution in [0.15, 0.2) is 47.4 Å². The zero-order valence-electron chi connectivity index (χ0n) is 12.0. The third-order valence-corrected chi connectivity index (χ3v) is 6.16. The van der Waals surface area contributed by atoms with Gasteiger partial charge >= 0.3 is 0 Å². The van der Waals surface area contributed by atoms with E-state index in [4.69, 9.17) is 11.6 Å². The van der Waals surface area contributed by atoms with Crippen molar-refractivity contribution in [3.05, 3.63) is 64.7 Å². The minimum atomic E-state index is -3.88. The molecule has 1 atom stereocenters. The maximum Gasteiger partial charge on any atom is 0.243 e. The molecule has 1 fully saturated rings. The minimum absolute atomic E-state index is 0.0906. The Morgan fingerprint density at radius 1 is 1.09 bits per heavy atom. The van der Waals surface area contributed by atoms with Gasteiger partial charge < -0.3 is 0 Å². The molecule has 0 N–H and O–H groups in total. The van der Waals surface area contributed by atoms with Crippen molar-refractivity contribution >= 4 is 21.6 Å². The molecular formula is C16H14ClF2NO2S. The third kappa shape index (κ3) is 2.98. The van der Waals surface area contributed by atoms with Gasteiger partial charge in [0.25, 0.3) is 0 Å². The van der Waals surface area contributed by atoms with Gasteiger partial charge in [0.05, 0.1) is 16.0 Å². The molecule has 0 bridgehead atoms. The molecule has 3 nitrogen and oxygen atoms in total. The van der Waals surface area contributed by atoms with Gasteiger partial charge in [-0.25, -0.2) is 17.2 Å². The van der Waals surface area contributed by atoms with Crippen molar-refractivity contribution in [2.75, 3.05) is 6.54 Å². The van der Waals surface area contributed by atoms with Crippen LogP contribution >= 0.6 is 11.6 Å². The Morgan fingerprint density at radius 2 is 1.83 bits per heavy atom. The van der Waals surface area contributed by atoms with E-state index in [0.29, 0.717) is 18.4 Å². The summed E-state index contributed by atoms with van der Waals surface area (Å²) in [6.07, 6.45) is 1.17. The molecule has 7 heteroatoms. The van der Waals surface area contributed by atoms with Gasteiger partial charge in [0.1, 0.15) is 11.6 Å². The summed E-state index contributed by atoms with van der Waals surface area (Å²) < 4.78 is 54.2. The average molecular weight is 358 g/mol. The first kappa shape index (κ1) is 16.4. The first-order valence-electron chi connectivity index (χ1n) is 7.12. The Bertz CT molecular complexity index is 842. The molecule has 2 aromatic rings. The topological polar surface area (TPSA) is 37.4 Å². The number of rotatable bonds is 3. The molecule has 0 aromatic heterocycles. The number of benzene rings is 2. The zero-order valence-corrected chi connectivity index (χ0v) is 13.6. The van der Waals surface area contributed by atoms with Crippen molar-refractivity contribution in [1.29, 1.82) is 0 Å². The summed E-state index contributed by atoms with van der Waals surface area (Å²) in [6.45, 7) is 0.288. The largest absolute Gasteiger partial charge is 0.243 e. The highest BCUT2D eigenvalue weighted by Crippen LogP contribution is 2.37. The van der Waals surface area contributed by atoms with Crippen molar-refractivity contribution in [2.24, 2.45) is 0 Å². The monoisotopic (exact) mass is 357 g/mol. The highest BCUT2D eigenvalue weighted by molar-refractivity contribution is 7.89. The summed E-state index contributed by atoms with van der Waals surface area (Å²) in [5.74, 6) is -1.12. The molecule has 0 radical (unpaired) electrons. The molecule has 23 heavy (non-hydrogen) atoms. The lowest BCUT2D eigenvalue weighted by Crippen LogP contribution is -2.31. The van der Waals surface area contributed by atoms with E-state index in [1.165, 1.54) is 16.4 Å². The Hall–Kier alpha value is -1.50. The van der Waals surface area contributed by atoms with Crippen LogP contribution < -0.4 is 0 Å². The first-order chi connectivity index (χ1) is 10.9. The summed E-state index contributed by atoms with van der Waals surface area (Å²) in [7, 11) is -3.88. The molecular weight excluding hydrogens is 344 g/mol. The standard InChI is InChI=1S/C16H14ClF2NO2S/c17-13-10-11(7-8-15(13)19)23(21,22)20-9-3-6-16(20)12-4-1-2-5-14(12)18/h1-2,4-5,7-8,10,16H,3,6,9H2. The Labute approximate surface area is 138 Å². The lowest BCUT2D eigenvalue weighted by molar-refractivity contribution is 0.386. The van der Waals surface area contributed by atoms with Gasteiger partial charge in [-0.2, -0.15) is 4.31 Å². The summed E-state index contributed by atoms with van der Waals surface area (Å²) in [4.78, 5) is -0.0906. The van der Waals surface area contributed by atoms with Gasteiger partial charge in [-0.3, -0.25) is 0 Å². The van der Waals surface area contributed by atoms with Gasteiger partial charge in [0.15, 0.2) is 0 Å². The van der Waals surface area contributed by atoms with E-state index in [1.54, 1.807) is 18.2 Å². The number of halogens is 3. The Kier molecular flexibility index (Phi) is 4.40. The highest BCUT2D eigenvalue weighted by atomic mass is 35.5. The first-order valence-corrected chi connectivity index (χ1v) is 8.94. The van der Waals surface area contributed by atoms with Crippen molar-refractivity contribution < 1.29 is 17.2 Å². The van der Waals surface area contributed by atoms with E-state index >= 15 is 0 Å². The predicted molar refractivity (Wildman–Crippen MR) is 83.7 cm³/mol. The van der Waals surface area contributed by atoms with Crippen molar-refractivity contribution in [1.82, 2.24) is 4.31 Å². The molecule has 1 saturated heterocycles. The quantitative estimate of drug-likeness (QED) is 0.827. The van der Waals surface area contributed by atoms with Crippen LogP contribution in [0, 0.1) is 11.6 Å². The van der Waals surface area contributed by atoms with Crippen LogP contribution in [0.1, 0.15) is 24.4 Å². The van der Waals surface area contributed by atoms with Crippen LogP contribution in [0.3, 0.4) is 0 Å². The Balaban J connectivity index is 2.01. The van der Waals surface area contributed by atoms with Gasteiger partial charge in [-0.05, 0) is 37.1 Å². The fourth-order valence-corrected chi connectivity index (χ4v) is 4.80. The Morgan fingerprint density at radius 3 is 2.52 bits per heavy atom. The average Bonchev–Trinajstić information content (AvgIpc) is 3.00. The van der Waals surface area contributed by atoms with E-state index in [2.05, 4.69) is 0 Å². The maximum atomic E-state index is 14.0. The lowest BCUT2D eigenvalue weighted by Gasteiger charge is -2.24. The van der Waals surface area contributed by atoms with Crippen molar-refractivity contribution in [3.63, 3.8) is 0 Å². The van der Waals surface area contributed by atoms with Crippen LogP contribution in [0.2, 0.25) is 5.02 Å². The van der Waals surface area contributed by atoms with Gasteiger partial charge in [0.2, 0.25) is 10.0 Å². The molecule has 0 aliphatic carbocycles.